The quantitative estimate of drug-likeness (QED) is 0.865. The van der Waals surface area contributed by atoms with Gasteiger partial charge in [-0.2, -0.15) is 0 Å². The summed E-state index contributed by atoms with van der Waals surface area (Å²) in [6.45, 7) is 0.123. The van der Waals surface area contributed by atoms with Crippen molar-refractivity contribution in [1.29, 1.82) is 0 Å². The largest absolute Gasteiger partial charge is 0.496 e. The van der Waals surface area contributed by atoms with E-state index in [0.29, 0.717) is 17.3 Å². The molecule has 94 valence electrons. The first-order valence-corrected chi connectivity index (χ1v) is 5.24. The first kappa shape index (κ1) is 12.0. The molecule has 0 atom stereocenters. The van der Waals surface area contributed by atoms with Crippen LogP contribution in [0.1, 0.15) is 5.76 Å². The van der Waals surface area contributed by atoms with Crippen LogP contribution >= 0.6 is 0 Å². The Labute approximate surface area is 103 Å². The van der Waals surface area contributed by atoms with Gasteiger partial charge in [0.05, 0.1) is 19.2 Å². The third-order valence-corrected chi connectivity index (χ3v) is 2.34. The average Bonchev–Trinajstić information content (AvgIpc) is 2.85. The third-order valence-electron chi connectivity index (χ3n) is 2.34. The number of ether oxygens (including phenoxy) is 1. The Hall–Kier alpha value is -2.50. The Morgan fingerprint density at radius 3 is 3.06 bits per heavy atom. The summed E-state index contributed by atoms with van der Waals surface area (Å²) in [5, 5.41) is 10.7. The number of amides is 1. The zero-order valence-electron chi connectivity index (χ0n) is 9.71. The van der Waals surface area contributed by atoms with Crippen molar-refractivity contribution in [3.8, 4) is 17.1 Å². The summed E-state index contributed by atoms with van der Waals surface area (Å²) < 4.78 is 10.7. The molecule has 2 rings (SSSR count). The van der Waals surface area contributed by atoms with Gasteiger partial charge in [-0.1, -0.05) is 0 Å². The van der Waals surface area contributed by atoms with Gasteiger partial charge in [0.15, 0.2) is 0 Å². The summed E-state index contributed by atoms with van der Waals surface area (Å²) in [6.07, 6.45) is 2.16. The normalized spacial score (nSPS) is 10.1. The highest BCUT2D eigenvalue weighted by atomic mass is 16.5. The molecule has 0 aromatic carbocycles. The number of carbonyl (C=O) groups is 1. The summed E-state index contributed by atoms with van der Waals surface area (Å²) in [4.78, 5) is 14.4. The van der Waals surface area contributed by atoms with Crippen molar-refractivity contribution < 1.29 is 19.1 Å². The minimum absolute atomic E-state index is 0.123. The highest BCUT2D eigenvalue weighted by Gasteiger charge is 2.10. The Bertz CT molecular complexity index is 551. The molecular formula is C12H12N2O4. The predicted octanol–water partition coefficient (Wildman–Crippen LogP) is 2.12. The van der Waals surface area contributed by atoms with E-state index in [9.17, 15) is 4.79 Å². The molecule has 0 aliphatic heterocycles. The summed E-state index contributed by atoms with van der Waals surface area (Å²) in [5.74, 6) is 1.76. The summed E-state index contributed by atoms with van der Waals surface area (Å²) in [6, 6.07) is 5.18. The van der Waals surface area contributed by atoms with Gasteiger partial charge in [0, 0.05) is 12.4 Å². The SMILES string of the molecule is COc1ccncc1-c1ccc(CNC(=O)O)o1. The van der Waals surface area contributed by atoms with E-state index in [-0.39, 0.29) is 6.54 Å². The maximum absolute atomic E-state index is 10.4. The molecule has 0 aliphatic carbocycles. The molecule has 0 radical (unpaired) electrons. The van der Waals surface area contributed by atoms with Gasteiger partial charge in [-0.25, -0.2) is 4.79 Å². The molecule has 1 amide bonds. The molecule has 0 bridgehead atoms. The number of rotatable bonds is 4. The van der Waals surface area contributed by atoms with E-state index in [0.717, 1.165) is 5.56 Å². The Morgan fingerprint density at radius 1 is 1.50 bits per heavy atom. The minimum atomic E-state index is -1.09. The molecule has 0 aliphatic rings. The number of hydrogen-bond donors (Lipinski definition) is 2. The van der Waals surface area contributed by atoms with Crippen LogP contribution in [-0.2, 0) is 6.54 Å². The molecule has 2 aromatic rings. The van der Waals surface area contributed by atoms with E-state index in [1.54, 1.807) is 37.7 Å². The standard InChI is InChI=1S/C12H12N2O4/c1-17-10-4-5-13-7-9(10)11-3-2-8(18-11)6-14-12(15)16/h2-5,7,14H,6H2,1H3,(H,15,16). The molecular weight excluding hydrogens is 236 g/mol. The first-order chi connectivity index (χ1) is 8.70. The van der Waals surface area contributed by atoms with Gasteiger partial charge in [-0.05, 0) is 18.2 Å². The lowest BCUT2D eigenvalue weighted by molar-refractivity contribution is 0.193. The number of furan rings is 1. The van der Waals surface area contributed by atoms with Gasteiger partial charge in [-0.3, -0.25) is 4.98 Å². The fraction of sp³-hybridized carbons (Fsp3) is 0.167. The predicted molar refractivity (Wildman–Crippen MR) is 63.4 cm³/mol. The summed E-state index contributed by atoms with van der Waals surface area (Å²) >= 11 is 0. The van der Waals surface area contributed by atoms with Crippen LogP contribution in [0.15, 0.2) is 35.0 Å². The maximum atomic E-state index is 10.4. The smallest absolute Gasteiger partial charge is 0.405 e. The van der Waals surface area contributed by atoms with Crippen molar-refractivity contribution in [1.82, 2.24) is 10.3 Å². The lowest BCUT2D eigenvalue weighted by atomic mass is 10.2. The molecule has 0 fully saturated rings. The van der Waals surface area contributed by atoms with Crippen LogP contribution in [0.4, 0.5) is 4.79 Å². The molecule has 2 N–H and O–H groups in total. The van der Waals surface area contributed by atoms with Crippen molar-refractivity contribution >= 4 is 6.09 Å². The van der Waals surface area contributed by atoms with Gasteiger partial charge in [0.25, 0.3) is 0 Å². The van der Waals surface area contributed by atoms with E-state index in [2.05, 4.69) is 10.3 Å². The zero-order chi connectivity index (χ0) is 13.0. The molecule has 2 aromatic heterocycles. The van der Waals surface area contributed by atoms with Crippen LogP contribution in [0.3, 0.4) is 0 Å². The van der Waals surface area contributed by atoms with Crippen LogP contribution in [0, 0.1) is 0 Å². The molecule has 0 saturated carbocycles. The molecule has 0 spiro atoms. The monoisotopic (exact) mass is 248 g/mol. The fourth-order valence-electron chi connectivity index (χ4n) is 1.53. The Morgan fingerprint density at radius 2 is 2.33 bits per heavy atom. The van der Waals surface area contributed by atoms with Crippen molar-refractivity contribution in [2.75, 3.05) is 7.11 Å². The molecule has 6 heteroatoms. The second-order valence-corrected chi connectivity index (χ2v) is 3.50. The fourth-order valence-corrected chi connectivity index (χ4v) is 1.53. The number of nitrogens with zero attached hydrogens (tertiary/aromatic N) is 1. The maximum Gasteiger partial charge on any atom is 0.405 e. The average molecular weight is 248 g/mol. The molecule has 2 heterocycles. The zero-order valence-corrected chi connectivity index (χ0v) is 9.71. The van der Waals surface area contributed by atoms with E-state index >= 15 is 0 Å². The topological polar surface area (TPSA) is 84.6 Å². The van der Waals surface area contributed by atoms with Crippen LogP contribution in [0.25, 0.3) is 11.3 Å². The van der Waals surface area contributed by atoms with Gasteiger partial charge in [0.2, 0.25) is 0 Å². The lowest BCUT2D eigenvalue weighted by Crippen LogP contribution is -2.19. The second-order valence-electron chi connectivity index (χ2n) is 3.50. The second kappa shape index (κ2) is 5.22. The van der Waals surface area contributed by atoms with Gasteiger partial charge >= 0.3 is 6.09 Å². The van der Waals surface area contributed by atoms with Crippen molar-refractivity contribution in [3.05, 3.63) is 36.4 Å². The highest BCUT2D eigenvalue weighted by molar-refractivity contribution is 5.65. The van der Waals surface area contributed by atoms with Crippen LogP contribution in [0.5, 0.6) is 5.75 Å². The molecule has 18 heavy (non-hydrogen) atoms. The van der Waals surface area contributed by atoms with Gasteiger partial charge in [-0.15, -0.1) is 0 Å². The first-order valence-electron chi connectivity index (χ1n) is 5.24. The van der Waals surface area contributed by atoms with Gasteiger partial charge in [0.1, 0.15) is 17.3 Å². The molecule has 0 saturated heterocycles. The van der Waals surface area contributed by atoms with Crippen LogP contribution in [0.2, 0.25) is 0 Å². The number of carboxylic acid groups (broad SMARTS) is 1. The van der Waals surface area contributed by atoms with Crippen molar-refractivity contribution in [2.45, 2.75) is 6.54 Å². The lowest BCUT2D eigenvalue weighted by Gasteiger charge is -2.04. The molecule has 6 nitrogen and oxygen atoms in total. The summed E-state index contributed by atoms with van der Waals surface area (Å²) in [5.41, 5.74) is 0.724. The number of methoxy groups -OCH3 is 1. The number of pyridine rings is 1. The van der Waals surface area contributed by atoms with E-state index in [4.69, 9.17) is 14.3 Å². The van der Waals surface area contributed by atoms with Crippen molar-refractivity contribution in [3.63, 3.8) is 0 Å². The number of aromatic nitrogens is 1. The summed E-state index contributed by atoms with van der Waals surface area (Å²) in [7, 11) is 1.56. The van der Waals surface area contributed by atoms with Crippen LogP contribution < -0.4 is 10.1 Å². The number of hydrogen-bond acceptors (Lipinski definition) is 4. The van der Waals surface area contributed by atoms with Crippen LogP contribution in [-0.4, -0.2) is 23.3 Å². The third kappa shape index (κ3) is 2.60. The Balaban J connectivity index is 2.21. The van der Waals surface area contributed by atoms with E-state index < -0.39 is 6.09 Å². The number of nitrogens with one attached hydrogen (secondary N) is 1. The van der Waals surface area contributed by atoms with Crippen molar-refractivity contribution in [2.24, 2.45) is 0 Å². The van der Waals surface area contributed by atoms with Gasteiger partial charge < -0.3 is 19.6 Å². The minimum Gasteiger partial charge on any atom is -0.496 e. The Kier molecular flexibility index (Phi) is 3.47. The highest BCUT2D eigenvalue weighted by Crippen LogP contribution is 2.29. The molecule has 0 unspecified atom stereocenters. The van der Waals surface area contributed by atoms with E-state index in [1.807, 2.05) is 0 Å². The van der Waals surface area contributed by atoms with E-state index in [1.165, 1.54) is 0 Å².